The number of nitrogens with zero attached hydrogens (tertiary/aromatic N) is 4. The SMILES string of the molecule is Cc1cc(C)n(-c2cc(Oc3ccc(NC(=O)c4ccc(C)c(C)c4)cc3)nc(C)n2)n1. The van der Waals surface area contributed by atoms with E-state index in [0.717, 1.165) is 22.5 Å². The van der Waals surface area contributed by atoms with Crippen LogP contribution in [0.4, 0.5) is 5.69 Å². The summed E-state index contributed by atoms with van der Waals surface area (Å²) in [7, 11) is 0. The molecule has 0 aliphatic rings. The van der Waals surface area contributed by atoms with Crippen LogP contribution in [0.1, 0.15) is 38.7 Å². The number of benzene rings is 2. The van der Waals surface area contributed by atoms with E-state index in [4.69, 9.17) is 4.74 Å². The highest BCUT2D eigenvalue weighted by Crippen LogP contribution is 2.24. The predicted molar refractivity (Wildman–Crippen MR) is 124 cm³/mol. The highest BCUT2D eigenvalue weighted by molar-refractivity contribution is 6.04. The molecule has 0 atom stereocenters. The van der Waals surface area contributed by atoms with Gasteiger partial charge in [0.25, 0.3) is 5.91 Å². The summed E-state index contributed by atoms with van der Waals surface area (Å²) in [6.07, 6.45) is 0. The fraction of sp³-hybridized carbons (Fsp3) is 0.200. The van der Waals surface area contributed by atoms with Crippen molar-refractivity contribution in [2.45, 2.75) is 34.6 Å². The molecule has 1 amide bonds. The maximum absolute atomic E-state index is 12.5. The third-order valence-corrected chi connectivity index (χ3v) is 5.13. The first-order chi connectivity index (χ1) is 15.3. The summed E-state index contributed by atoms with van der Waals surface area (Å²) in [6.45, 7) is 9.74. The minimum atomic E-state index is -0.150. The van der Waals surface area contributed by atoms with Crippen LogP contribution < -0.4 is 10.1 Å². The quantitative estimate of drug-likeness (QED) is 0.470. The lowest BCUT2D eigenvalue weighted by Crippen LogP contribution is -2.12. The van der Waals surface area contributed by atoms with Gasteiger partial charge in [-0.15, -0.1) is 0 Å². The number of anilines is 1. The average Bonchev–Trinajstić information content (AvgIpc) is 3.09. The van der Waals surface area contributed by atoms with Crippen LogP contribution in [0.3, 0.4) is 0 Å². The Morgan fingerprint density at radius 1 is 0.875 bits per heavy atom. The minimum absolute atomic E-state index is 0.150. The number of nitrogens with one attached hydrogen (secondary N) is 1. The van der Waals surface area contributed by atoms with Gasteiger partial charge in [0.2, 0.25) is 5.88 Å². The van der Waals surface area contributed by atoms with Gasteiger partial charge in [-0.05, 0) is 88.2 Å². The summed E-state index contributed by atoms with van der Waals surface area (Å²) < 4.78 is 7.70. The first kappa shape index (κ1) is 21.2. The van der Waals surface area contributed by atoms with Crippen molar-refractivity contribution >= 4 is 11.6 Å². The average molecular weight is 428 g/mol. The van der Waals surface area contributed by atoms with E-state index in [1.807, 2.05) is 58.9 Å². The van der Waals surface area contributed by atoms with Crippen LogP contribution in [-0.2, 0) is 0 Å². The second-order valence-corrected chi connectivity index (χ2v) is 7.83. The van der Waals surface area contributed by atoms with Gasteiger partial charge in [0, 0.05) is 23.0 Å². The molecule has 2 aromatic carbocycles. The van der Waals surface area contributed by atoms with Gasteiger partial charge < -0.3 is 10.1 Å². The van der Waals surface area contributed by atoms with Crippen molar-refractivity contribution in [3.63, 3.8) is 0 Å². The summed E-state index contributed by atoms with van der Waals surface area (Å²) in [5.41, 5.74) is 5.45. The molecule has 0 radical (unpaired) electrons. The standard InChI is InChI=1S/C25H25N5O2/c1-15-6-7-20(12-16(15)2)25(31)28-21-8-10-22(11-9-21)32-24-14-23(26-19(5)27-24)30-18(4)13-17(3)29-30/h6-14H,1-5H3,(H,28,31). The number of aryl methyl sites for hydroxylation is 5. The molecule has 0 spiro atoms. The zero-order valence-electron chi connectivity index (χ0n) is 18.8. The summed E-state index contributed by atoms with van der Waals surface area (Å²) in [5, 5.41) is 7.39. The first-order valence-electron chi connectivity index (χ1n) is 10.3. The number of ether oxygens (including phenoxy) is 1. The number of hydrogen-bond acceptors (Lipinski definition) is 5. The van der Waals surface area contributed by atoms with Crippen LogP contribution in [0.5, 0.6) is 11.6 Å². The molecule has 0 saturated carbocycles. The van der Waals surface area contributed by atoms with Crippen molar-refractivity contribution in [2.24, 2.45) is 0 Å². The van der Waals surface area contributed by atoms with Crippen LogP contribution >= 0.6 is 0 Å². The third-order valence-electron chi connectivity index (χ3n) is 5.13. The van der Waals surface area contributed by atoms with E-state index in [9.17, 15) is 4.79 Å². The van der Waals surface area contributed by atoms with Gasteiger partial charge >= 0.3 is 0 Å². The smallest absolute Gasteiger partial charge is 0.255 e. The van der Waals surface area contributed by atoms with E-state index >= 15 is 0 Å². The molecular weight excluding hydrogens is 402 g/mol. The molecule has 2 heterocycles. The van der Waals surface area contributed by atoms with E-state index < -0.39 is 0 Å². The lowest BCUT2D eigenvalue weighted by atomic mass is 10.1. The van der Waals surface area contributed by atoms with Crippen LogP contribution in [0.25, 0.3) is 5.82 Å². The van der Waals surface area contributed by atoms with Gasteiger partial charge in [0.05, 0.1) is 5.69 Å². The monoisotopic (exact) mass is 427 g/mol. The highest BCUT2D eigenvalue weighted by atomic mass is 16.5. The molecule has 0 aliphatic carbocycles. The fourth-order valence-corrected chi connectivity index (χ4v) is 3.36. The van der Waals surface area contributed by atoms with Crippen molar-refractivity contribution in [3.8, 4) is 17.4 Å². The Labute approximate surface area is 187 Å². The molecule has 0 bridgehead atoms. The van der Waals surface area contributed by atoms with E-state index in [2.05, 4.69) is 20.4 Å². The van der Waals surface area contributed by atoms with E-state index in [1.165, 1.54) is 0 Å². The molecule has 0 saturated heterocycles. The molecule has 0 unspecified atom stereocenters. The lowest BCUT2D eigenvalue weighted by Gasteiger charge is -2.10. The Kier molecular flexibility index (Phi) is 5.73. The van der Waals surface area contributed by atoms with Gasteiger partial charge in [-0.3, -0.25) is 4.79 Å². The second-order valence-electron chi connectivity index (χ2n) is 7.83. The number of carbonyl (C=O) groups excluding carboxylic acids is 1. The van der Waals surface area contributed by atoms with Gasteiger partial charge in [0.15, 0.2) is 5.82 Å². The van der Waals surface area contributed by atoms with E-state index in [-0.39, 0.29) is 5.91 Å². The maximum Gasteiger partial charge on any atom is 0.255 e. The maximum atomic E-state index is 12.5. The van der Waals surface area contributed by atoms with Gasteiger partial charge in [-0.25, -0.2) is 9.67 Å². The van der Waals surface area contributed by atoms with Crippen LogP contribution in [-0.4, -0.2) is 25.7 Å². The number of amides is 1. The van der Waals surface area contributed by atoms with Crippen LogP contribution in [0, 0.1) is 34.6 Å². The summed E-state index contributed by atoms with van der Waals surface area (Å²) >= 11 is 0. The predicted octanol–water partition coefficient (Wildman–Crippen LogP) is 5.25. The topological polar surface area (TPSA) is 81.9 Å². The summed E-state index contributed by atoms with van der Waals surface area (Å²) in [4.78, 5) is 21.4. The fourth-order valence-electron chi connectivity index (χ4n) is 3.36. The summed E-state index contributed by atoms with van der Waals surface area (Å²) in [6, 6.07) is 16.6. The zero-order chi connectivity index (χ0) is 22.8. The van der Waals surface area contributed by atoms with Gasteiger partial charge in [-0.1, -0.05) is 6.07 Å². The largest absolute Gasteiger partial charge is 0.439 e. The molecule has 7 heteroatoms. The Bertz CT molecular complexity index is 1290. The molecule has 0 aliphatic heterocycles. The third kappa shape index (κ3) is 4.67. The zero-order valence-corrected chi connectivity index (χ0v) is 18.8. The molecule has 7 nitrogen and oxygen atoms in total. The van der Waals surface area contributed by atoms with Crippen molar-refractivity contribution < 1.29 is 9.53 Å². The Morgan fingerprint density at radius 2 is 1.62 bits per heavy atom. The van der Waals surface area contributed by atoms with E-state index in [0.29, 0.717) is 34.5 Å². The Morgan fingerprint density at radius 3 is 2.28 bits per heavy atom. The van der Waals surface area contributed by atoms with Gasteiger partial charge in [0.1, 0.15) is 11.6 Å². The Hall–Kier alpha value is -4.00. The molecule has 4 rings (SSSR count). The number of aromatic nitrogens is 4. The Balaban J connectivity index is 1.48. The molecular formula is C25H25N5O2. The normalized spacial score (nSPS) is 10.8. The lowest BCUT2D eigenvalue weighted by molar-refractivity contribution is 0.102. The number of hydrogen-bond donors (Lipinski definition) is 1. The first-order valence-corrected chi connectivity index (χ1v) is 10.3. The molecule has 4 aromatic rings. The molecule has 32 heavy (non-hydrogen) atoms. The van der Waals surface area contributed by atoms with Crippen molar-refractivity contribution in [1.82, 2.24) is 19.7 Å². The second kappa shape index (κ2) is 8.63. The van der Waals surface area contributed by atoms with E-state index in [1.54, 1.807) is 35.0 Å². The number of carbonyl (C=O) groups is 1. The molecule has 162 valence electrons. The van der Waals surface area contributed by atoms with Crippen LogP contribution in [0.15, 0.2) is 54.6 Å². The molecule has 1 N–H and O–H groups in total. The van der Waals surface area contributed by atoms with Crippen molar-refractivity contribution in [2.75, 3.05) is 5.32 Å². The van der Waals surface area contributed by atoms with Crippen LogP contribution in [0.2, 0.25) is 0 Å². The highest BCUT2D eigenvalue weighted by Gasteiger charge is 2.11. The molecule has 0 fully saturated rings. The molecule has 2 aromatic heterocycles. The van der Waals surface area contributed by atoms with Crippen molar-refractivity contribution in [3.05, 3.63) is 88.5 Å². The van der Waals surface area contributed by atoms with Crippen molar-refractivity contribution in [1.29, 1.82) is 0 Å². The number of rotatable bonds is 5. The summed E-state index contributed by atoms with van der Waals surface area (Å²) in [5.74, 6) is 2.11. The minimum Gasteiger partial charge on any atom is -0.439 e. The van der Waals surface area contributed by atoms with Gasteiger partial charge in [-0.2, -0.15) is 10.1 Å².